The number of methoxy groups -OCH3 is 1. The van der Waals surface area contributed by atoms with Gasteiger partial charge in [-0.25, -0.2) is 5.01 Å². The van der Waals surface area contributed by atoms with Crippen LogP contribution in [0.25, 0.3) is 0 Å². The molecule has 2 atom stereocenters. The molecule has 0 fully saturated rings. The molecule has 3 heterocycles. The van der Waals surface area contributed by atoms with Crippen molar-refractivity contribution >= 4 is 33.0 Å². The molecule has 0 saturated carbocycles. The number of hydrazone groups is 1. The number of hydrogen-bond acceptors (Lipinski definition) is 5. The van der Waals surface area contributed by atoms with Crippen molar-refractivity contribution in [2.24, 2.45) is 5.10 Å². The Bertz CT molecular complexity index is 1020. The summed E-state index contributed by atoms with van der Waals surface area (Å²) in [6, 6.07) is 18.6. The molecule has 2 aliphatic heterocycles. The largest absolute Gasteiger partial charge is 0.497 e. The maximum Gasteiger partial charge on any atom is 0.215 e. The second kappa shape index (κ2) is 6.69. The van der Waals surface area contributed by atoms with Crippen LogP contribution in [0.2, 0.25) is 0 Å². The standard InChI is InChI=1S/C21H17BrN2O2S/c1-25-13-8-9-16(22)15(11-13)21-24-18(14-5-2-3-6-19(14)26-21)12-17(23-24)20-7-4-10-27-20/h2-11,18,21H,12H2,1H3/t18-,21+/m0/s1. The monoisotopic (exact) mass is 440 g/mol. The molecule has 0 radical (unpaired) electrons. The van der Waals surface area contributed by atoms with Crippen molar-refractivity contribution in [3.8, 4) is 11.5 Å². The van der Waals surface area contributed by atoms with Crippen LogP contribution in [0.5, 0.6) is 11.5 Å². The van der Waals surface area contributed by atoms with Gasteiger partial charge in [-0.1, -0.05) is 40.2 Å². The van der Waals surface area contributed by atoms with E-state index in [4.69, 9.17) is 14.6 Å². The normalized spacial score (nSPS) is 20.5. The lowest BCUT2D eigenvalue weighted by Crippen LogP contribution is -2.33. The minimum absolute atomic E-state index is 0.162. The number of ether oxygens (including phenoxy) is 2. The minimum atomic E-state index is -0.313. The lowest BCUT2D eigenvalue weighted by atomic mass is 9.97. The molecule has 0 bridgehead atoms. The van der Waals surface area contributed by atoms with Crippen molar-refractivity contribution in [3.63, 3.8) is 0 Å². The molecule has 136 valence electrons. The van der Waals surface area contributed by atoms with Crippen molar-refractivity contribution in [2.45, 2.75) is 18.7 Å². The zero-order valence-corrected chi connectivity index (χ0v) is 17.0. The Hall–Kier alpha value is -2.31. The lowest BCUT2D eigenvalue weighted by molar-refractivity contribution is -0.0196. The molecule has 0 amide bonds. The number of benzene rings is 2. The summed E-state index contributed by atoms with van der Waals surface area (Å²) in [4.78, 5) is 1.21. The van der Waals surface area contributed by atoms with Crippen molar-refractivity contribution in [3.05, 3.63) is 80.5 Å². The molecule has 2 aliphatic rings. The Kier molecular flexibility index (Phi) is 4.17. The minimum Gasteiger partial charge on any atom is -0.497 e. The van der Waals surface area contributed by atoms with E-state index in [1.807, 2.05) is 30.3 Å². The highest BCUT2D eigenvalue weighted by molar-refractivity contribution is 9.10. The highest BCUT2D eigenvalue weighted by atomic mass is 79.9. The van der Waals surface area contributed by atoms with E-state index in [9.17, 15) is 0 Å². The Labute approximate surface area is 170 Å². The molecular formula is C21H17BrN2O2S. The first-order valence-electron chi connectivity index (χ1n) is 8.73. The average Bonchev–Trinajstić information content (AvgIpc) is 3.37. The molecule has 4 nitrogen and oxygen atoms in total. The summed E-state index contributed by atoms with van der Waals surface area (Å²) < 4.78 is 12.8. The Morgan fingerprint density at radius 3 is 2.85 bits per heavy atom. The molecule has 27 heavy (non-hydrogen) atoms. The van der Waals surface area contributed by atoms with Crippen molar-refractivity contribution in [2.75, 3.05) is 7.11 Å². The Morgan fingerprint density at radius 2 is 2.04 bits per heavy atom. The highest BCUT2D eigenvalue weighted by Crippen LogP contribution is 2.49. The van der Waals surface area contributed by atoms with Crippen molar-refractivity contribution in [1.29, 1.82) is 0 Å². The van der Waals surface area contributed by atoms with E-state index < -0.39 is 0 Å². The van der Waals surface area contributed by atoms with Crippen LogP contribution in [-0.2, 0) is 0 Å². The van der Waals surface area contributed by atoms with Crippen LogP contribution in [0.3, 0.4) is 0 Å². The molecule has 6 heteroatoms. The third-order valence-electron chi connectivity index (χ3n) is 4.97. The number of rotatable bonds is 3. The molecule has 5 rings (SSSR count). The van der Waals surface area contributed by atoms with Gasteiger partial charge < -0.3 is 9.47 Å². The van der Waals surface area contributed by atoms with E-state index in [1.54, 1.807) is 18.4 Å². The van der Waals surface area contributed by atoms with Crippen LogP contribution in [0.15, 0.2) is 69.6 Å². The SMILES string of the molecule is COc1ccc(Br)c([C@H]2Oc3ccccc3[C@@H]3CC(c4cccs4)=NN23)c1. The van der Waals surface area contributed by atoms with E-state index >= 15 is 0 Å². The Balaban J connectivity index is 1.63. The summed E-state index contributed by atoms with van der Waals surface area (Å²) in [6.07, 6.45) is 0.561. The van der Waals surface area contributed by atoms with Crippen molar-refractivity contribution in [1.82, 2.24) is 5.01 Å². The fourth-order valence-electron chi connectivity index (χ4n) is 3.67. The van der Waals surface area contributed by atoms with E-state index in [1.165, 1.54) is 10.4 Å². The predicted molar refractivity (Wildman–Crippen MR) is 111 cm³/mol. The third-order valence-corrected chi connectivity index (χ3v) is 6.61. The van der Waals surface area contributed by atoms with Crippen LogP contribution >= 0.6 is 27.3 Å². The van der Waals surface area contributed by atoms with Gasteiger partial charge in [0.2, 0.25) is 6.23 Å². The summed E-state index contributed by atoms with van der Waals surface area (Å²) in [5.41, 5.74) is 3.30. The molecule has 0 aliphatic carbocycles. The van der Waals surface area contributed by atoms with Gasteiger partial charge in [0.1, 0.15) is 11.5 Å². The van der Waals surface area contributed by atoms with Gasteiger partial charge in [-0.3, -0.25) is 0 Å². The molecule has 1 aromatic heterocycles. The number of nitrogens with zero attached hydrogens (tertiary/aromatic N) is 2. The smallest absolute Gasteiger partial charge is 0.215 e. The molecule has 2 aromatic carbocycles. The maximum absolute atomic E-state index is 6.41. The van der Waals surface area contributed by atoms with Crippen LogP contribution in [-0.4, -0.2) is 17.8 Å². The van der Waals surface area contributed by atoms with Gasteiger partial charge in [-0.2, -0.15) is 5.10 Å². The van der Waals surface area contributed by atoms with E-state index in [-0.39, 0.29) is 12.3 Å². The first-order valence-corrected chi connectivity index (χ1v) is 10.4. The first kappa shape index (κ1) is 16.8. The second-order valence-corrected chi connectivity index (χ2v) is 8.32. The molecule has 0 N–H and O–H groups in total. The van der Waals surface area contributed by atoms with E-state index in [0.29, 0.717) is 0 Å². The Morgan fingerprint density at radius 1 is 1.15 bits per heavy atom. The van der Waals surface area contributed by atoms with Gasteiger partial charge in [0.05, 0.1) is 23.7 Å². The van der Waals surface area contributed by atoms with Crippen LogP contribution in [0, 0.1) is 0 Å². The number of fused-ring (bicyclic) bond motifs is 3. The number of hydrogen-bond donors (Lipinski definition) is 0. The van der Waals surface area contributed by atoms with Gasteiger partial charge in [-0.05, 0) is 35.7 Å². The fourth-order valence-corrected chi connectivity index (χ4v) is 4.83. The topological polar surface area (TPSA) is 34.1 Å². The maximum atomic E-state index is 6.41. The van der Waals surface area contributed by atoms with Gasteiger partial charge in [-0.15, -0.1) is 11.3 Å². The number of halogens is 1. The van der Waals surface area contributed by atoms with Gasteiger partial charge in [0, 0.05) is 22.0 Å². The van der Waals surface area contributed by atoms with E-state index in [2.05, 4.69) is 50.6 Å². The average molecular weight is 441 g/mol. The van der Waals surface area contributed by atoms with Gasteiger partial charge in [0.25, 0.3) is 0 Å². The molecule has 0 saturated heterocycles. The zero-order chi connectivity index (χ0) is 18.4. The first-order chi connectivity index (χ1) is 13.2. The summed E-state index contributed by atoms with van der Waals surface area (Å²) in [5, 5.41) is 9.17. The molecule has 0 spiro atoms. The summed E-state index contributed by atoms with van der Waals surface area (Å²) in [6.45, 7) is 0. The van der Waals surface area contributed by atoms with Crippen LogP contribution in [0.4, 0.5) is 0 Å². The predicted octanol–water partition coefficient (Wildman–Crippen LogP) is 5.76. The molecular weight excluding hydrogens is 424 g/mol. The van der Waals surface area contributed by atoms with Gasteiger partial charge >= 0.3 is 0 Å². The highest BCUT2D eigenvalue weighted by Gasteiger charge is 2.41. The number of thiophene rings is 1. The quantitative estimate of drug-likeness (QED) is 0.518. The fraction of sp³-hybridized carbons (Fsp3) is 0.190. The third kappa shape index (κ3) is 2.84. The summed E-state index contributed by atoms with van der Waals surface area (Å²) in [7, 11) is 1.68. The molecule has 0 unspecified atom stereocenters. The van der Waals surface area contributed by atoms with Crippen LogP contribution < -0.4 is 9.47 Å². The van der Waals surface area contributed by atoms with E-state index in [0.717, 1.165) is 33.7 Å². The van der Waals surface area contributed by atoms with Crippen molar-refractivity contribution < 1.29 is 9.47 Å². The van der Waals surface area contributed by atoms with Crippen LogP contribution in [0.1, 0.15) is 34.7 Å². The molecule has 3 aromatic rings. The number of para-hydroxylation sites is 1. The van der Waals surface area contributed by atoms with Gasteiger partial charge in [0.15, 0.2) is 0 Å². The lowest BCUT2D eigenvalue weighted by Gasteiger charge is -2.38. The summed E-state index contributed by atoms with van der Waals surface area (Å²) in [5.74, 6) is 1.72. The second-order valence-electron chi connectivity index (χ2n) is 6.52. The zero-order valence-electron chi connectivity index (χ0n) is 14.6. The summed E-state index contributed by atoms with van der Waals surface area (Å²) >= 11 is 5.40.